The highest BCUT2D eigenvalue weighted by Gasteiger charge is 2.44. The minimum Gasteiger partial charge on any atom is -0.334 e. The summed E-state index contributed by atoms with van der Waals surface area (Å²) in [4.78, 5) is 13.1. The Balaban J connectivity index is 1.74. The number of hydrogen-bond acceptors (Lipinski definition) is 5. The number of rotatable bonds is 3. The molecular weight excluding hydrogens is 276 g/mol. The maximum atomic E-state index is 5.46. The van der Waals surface area contributed by atoms with Crippen LogP contribution in [0.3, 0.4) is 0 Å². The van der Waals surface area contributed by atoms with Crippen LogP contribution in [0.1, 0.15) is 36.3 Å². The SMILES string of the molecule is Cc1ccc(C2(c3noc(-c4cccnc4)n3)CCC2)cn1. The van der Waals surface area contributed by atoms with E-state index in [0.717, 1.165) is 29.9 Å². The summed E-state index contributed by atoms with van der Waals surface area (Å²) in [5, 5.41) is 4.24. The van der Waals surface area contributed by atoms with Gasteiger partial charge in [0.05, 0.1) is 11.0 Å². The van der Waals surface area contributed by atoms with Gasteiger partial charge in [-0.25, -0.2) is 0 Å². The van der Waals surface area contributed by atoms with E-state index in [1.807, 2.05) is 31.3 Å². The summed E-state index contributed by atoms with van der Waals surface area (Å²) in [5.41, 5.74) is 2.88. The molecule has 0 saturated heterocycles. The Hall–Kier alpha value is -2.56. The van der Waals surface area contributed by atoms with Gasteiger partial charge in [-0.2, -0.15) is 4.98 Å². The number of nitrogens with zero attached hydrogens (tertiary/aromatic N) is 4. The quantitative estimate of drug-likeness (QED) is 0.741. The highest BCUT2D eigenvalue weighted by molar-refractivity contribution is 5.51. The first-order valence-electron chi connectivity index (χ1n) is 7.46. The molecule has 5 heteroatoms. The molecule has 0 bridgehead atoms. The third-order valence-corrected chi connectivity index (χ3v) is 4.43. The van der Waals surface area contributed by atoms with Gasteiger partial charge >= 0.3 is 0 Å². The summed E-state index contributed by atoms with van der Waals surface area (Å²) in [5.74, 6) is 1.28. The Morgan fingerprint density at radius 3 is 2.68 bits per heavy atom. The van der Waals surface area contributed by atoms with Crippen molar-refractivity contribution in [3.05, 3.63) is 59.9 Å². The Kier molecular flexibility index (Phi) is 2.99. The van der Waals surface area contributed by atoms with Crippen molar-refractivity contribution in [3.8, 4) is 11.5 Å². The zero-order valence-electron chi connectivity index (χ0n) is 12.4. The normalized spacial score (nSPS) is 16.2. The molecule has 3 aromatic heterocycles. The van der Waals surface area contributed by atoms with E-state index in [0.29, 0.717) is 5.89 Å². The van der Waals surface area contributed by atoms with Gasteiger partial charge in [0.25, 0.3) is 5.89 Å². The molecule has 0 aromatic carbocycles. The second-order valence-electron chi connectivity index (χ2n) is 5.79. The number of pyridine rings is 2. The fraction of sp³-hybridized carbons (Fsp3) is 0.294. The second kappa shape index (κ2) is 5.02. The van der Waals surface area contributed by atoms with Gasteiger partial charge in [-0.3, -0.25) is 9.97 Å². The molecule has 3 aromatic rings. The number of aromatic nitrogens is 4. The van der Waals surface area contributed by atoms with Crippen LogP contribution in [0.25, 0.3) is 11.5 Å². The van der Waals surface area contributed by atoms with E-state index in [2.05, 4.69) is 26.2 Å². The van der Waals surface area contributed by atoms with Gasteiger partial charge in [-0.1, -0.05) is 17.6 Å². The van der Waals surface area contributed by atoms with Crippen LogP contribution in [0.2, 0.25) is 0 Å². The van der Waals surface area contributed by atoms with E-state index in [1.54, 1.807) is 12.4 Å². The summed E-state index contributed by atoms with van der Waals surface area (Å²) in [6, 6.07) is 7.95. The van der Waals surface area contributed by atoms with Crippen molar-refractivity contribution in [1.82, 2.24) is 20.1 Å². The molecule has 0 aliphatic heterocycles. The highest BCUT2D eigenvalue weighted by atomic mass is 16.5. The summed E-state index contributed by atoms with van der Waals surface area (Å²) in [6.07, 6.45) is 8.64. The maximum absolute atomic E-state index is 5.46. The molecule has 0 spiro atoms. The van der Waals surface area contributed by atoms with Crippen LogP contribution in [0, 0.1) is 6.92 Å². The van der Waals surface area contributed by atoms with E-state index >= 15 is 0 Å². The zero-order valence-corrected chi connectivity index (χ0v) is 12.4. The predicted octanol–water partition coefficient (Wildman–Crippen LogP) is 3.31. The third-order valence-electron chi connectivity index (χ3n) is 4.43. The summed E-state index contributed by atoms with van der Waals surface area (Å²) >= 11 is 0. The average Bonchev–Trinajstić information content (AvgIpc) is 2.99. The van der Waals surface area contributed by atoms with Gasteiger partial charge in [-0.15, -0.1) is 0 Å². The minimum atomic E-state index is -0.148. The highest BCUT2D eigenvalue weighted by Crippen LogP contribution is 2.47. The maximum Gasteiger partial charge on any atom is 0.259 e. The first kappa shape index (κ1) is 13.1. The van der Waals surface area contributed by atoms with Crippen LogP contribution in [0.15, 0.2) is 47.4 Å². The van der Waals surface area contributed by atoms with Gasteiger partial charge in [0.15, 0.2) is 5.82 Å². The molecule has 4 rings (SSSR count). The van der Waals surface area contributed by atoms with Crippen LogP contribution < -0.4 is 0 Å². The van der Waals surface area contributed by atoms with E-state index < -0.39 is 0 Å². The average molecular weight is 292 g/mol. The fourth-order valence-corrected chi connectivity index (χ4v) is 2.95. The third kappa shape index (κ3) is 2.01. The standard InChI is InChI=1S/C17H16N4O/c1-12-5-6-14(11-19-12)17(7-3-8-17)16-20-15(22-21-16)13-4-2-9-18-10-13/h2,4-6,9-11H,3,7-8H2,1H3. The van der Waals surface area contributed by atoms with Crippen molar-refractivity contribution in [2.45, 2.75) is 31.6 Å². The smallest absolute Gasteiger partial charge is 0.259 e. The van der Waals surface area contributed by atoms with Crippen LogP contribution in [-0.4, -0.2) is 20.1 Å². The minimum absolute atomic E-state index is 0.148. The van der Waals surface area contributed by atoms with Gasteiger partial charge in [0.1, 0.15) is 0 Å². The molecule has 0 atom stereocenters. The lowest BCUT2D eigenvalue weighted by Crippen LogP contribution is -2.36. The molecule has 1 fully saturated rings. The van der Waals surface area contributed by atoms with E-state index in [-0.39, 0.29) is 5.41 Å². The Labute approximate surface area is 128 Å². The summed E-state index contributed by atoms with van der Waals surface area (Å²) in [6.45, 7) is 1.99. The van der Waals surface area contributed by atoms with Crippen molar-refractivity contribution >= 4 is 0 Å². The van der Waals surface area contributed by atoms with Crippen LogP contribution in [0.5, 0.6) is 0 Å². The monoisotopic (exact) mass is 292 g/mol. The number of hydrogen-bond donors (Lipinski definition) is 0. The molecule has 0 amide bonds. The van der Waals surface area contributed by atoms with E-state index in [9.17, 15) is 0 Å². The first-order chi connectivity index (χ1) is 10.8. The van der Waals surface area contributed by atoms with Crippen LogP contribution >= 0.6 is 0 Å². The Morgan fingerprint density at radius 1 is 1.14 bits per heavy atom. The Bertz CT molecular complexity index is 776. The number of aryl methyl sites for hydroxylation is 1. The fourth-order valence-electron chi connectivity index (χ4n) is 2.95. The summed E-state index contributed by atoms with van der Waals surface area (Å²) < 4.78 is 5.46. The van der Waals surface area contributed by atoms with Crippen molar-refractivity contribution < 1.29 is 4.52 Å². The van der Waals surface area contributed by atoms with Crippen LogP contribution in [0.4, 0.5) is 0 Å². The van der Waals surface area contributed by atoms with Gasteiger partial charge in [0.2, 0.25) is 0 Å². The topological polar surface area (TPSA) is 64.7 Å². The van der Waals surface area contributed by atoms with Crippen molar-refractivity contribution in [2.24, 2.45) is 0 Å². The van der Waals surface area contributed by atoms with Crippen LogP contribution in [-0.2, 0) is 5.41 Å². The molecule has 3 heterocycles. The molecule has 22 heavy (non-hydrogen) atoms. The molecule has 0 unspecified atom stereocenters. The summed E-state index contributed by atoms with van der Waals surface area (Å²) in [7, 11) is 0. The lowest BCUT2D eigenvalue weighted by Gasteiger charge is -2.39. The lowest BCUT2D eigenvalue weighted by atomic mass is 9.64. The molecule has 1 saturated carbocycles. The largest absolute Gasteiger partial charge is 0.334 e. The first-order valence-corrected chi connectivity index (χ1v) is 7.46. The molecule has 0 N–H and O–H groups in total. The molecule has 0 radical (unpaired) electrons. The Morgan fingerprint density at radius 2 is 2.05 bits per heavy atom. The zero-order chi connectivity index (χ0) is 15.0. The molecule has 1 aliphatic carbocycles. The lowest BCUT2D eigenvalue weighted by molar-refractivity contribution is 0.272. The molecular formula is C17H16N4O. The predicted molar refractivity (Wildman–Crippen MR) is 81.1 cm³/mol. The van der Waals surface area contributed by atoms with Crippen molar-refractivity contribution in [1.29, 1.82) is 0 Å². The van der Waals surface area contributed by atoms with Gasteiger partial charge < -0.3 is 4.52 Å². The molecule has 5 nitrogen and oxygen atoms in total. The van der Waals surface area contributed by atoms with E-state index in [1.165, 1.54) is 12.0 Å². The van der Waals surface area contributed by atoms with Crippen molar-refractivity contribution in [3.63, 3.8) is 0 Å². The second-order valence-corrected chi connectivity index (χ2v) is 5.79. The van der Waals surface area contributed by atoms with Gasteiger partial charge in [0, 0.05) is 24.3 Å². The van der Waals surface area contributed by atoms with Crippen molar-refractivity contribution in [2.75, 3.05) is 0 Å². The van der Waals surface area contributed by atoms with E-state index in [4.69, 9.17) is 4.52 Å². The van der Waals surface area contributed by atoms with Gasteiger partial charge in [-0.05, 0) is 43.5 Å². The molecule has 1 aliphatic rings. The molecule has 110 valence electrons.